The van der Waals surface area contributed by atoms with Crippen LogP contribution in [-0.2, 0) is 27.8 Å². The molecule has 170 valence electrons. The first-order chi connectivity index (χ1) is 15.9. The van der Waals surface area contributed by atoms with Gasteiger partial charge in [-0.1, -0.05) is 80.4 Å². The van der Waals surface area contributed by atoms with Crippen LogP contribution in [0.2, 0.25) is 0 Å². The van der Waals surface area contributed by atoms with Crippen molar-refractivity contribution in [2.45, 2.75) is 27.6 Å². The number of ether oxygens (including phenoxy) is 1. The fourth-order valence-electron chi connectivity index (χ4n) is 6.11. The Morgan fingerprint density at radius 2 is 1.42 bits per heavy atom. The van der Waals surface area contributed by atoms with E-state index >= 15 is 0 Å². The van der Waals surface area contributed by atoms with E-state index in [0.717, 1.165) is 40.0 Å². The van der Waals surface area contributed by atoms with Crippen LogP contribution in [0.25, 0.3) is 0 Å². The Hall–Kier alpha value is -2.03. The fourth-order valence-corrected chi connectivity index (χ4v) is 8.42. The highest BCUT2D eigenvalue weighted by molar-refractivity contribution is 9.10. The van der Waals surface area contributed by atoms with Crippen molar-refractivity contribution in [3.05, 3.63) is 70.8 Å². The Balaban J connectivity index is 1.38. The number of imide groups is 1. The van der Waals surface area contributed by atoms with Gasteiger partial charge >= 0.3 is 0 Å². The molecule has 1 N–H and O–H groups in total. The summed E-state index contributed by atoms with van der Waals surface area (Å²) in [6.07, 6.45) is 1.88. The molecule has 3 atom stereocenters. The average molecular weight is 574 g/mol. The SMILES string of the molecule is O=C(CN1C(=O)[C@@H]2[C@@H](C1=O)C1(Br)c3ccccc3C2(Br)c2ccccc21)NC[C@H]1CCCO1. The number of amides is 3. The average Bonchev–Trinajstić information content (AvgIpc) is 3.44. The lowest BCUT2D eigenvalue weighted by molar-refractivity contribution is -0.143. The molecule has 2 aliphatic heterocycles. The van der Waals surface area contributed by atoms with Crippen molar-refractivity contribution in [3.63, 3.8) is 0 Å². The minimum absolute atomic E-state index is 0.00187. The Labute approximate surface area is 208 Å². The standard InChI is InChI=1S/C25H22Br2N2O4/c26-24-15-7-1-2-8-16(15)25(27,18-10-4-3-9-17(18)24)21-20(24)22(31)29(23(21)32)13-19(30)28-12-14-6-5-11-33-14/h1-4,7-10,14,20-21H,5-6,11-13H2,(H,28,30)/t14-,20+,21+,24?,25?/m1/s1. The zero-order valence-electron chi connectivity index (χ0n) is 17.7. The summed E-state index contributed by atoms with van der Waals surface area (Å²) in [7, 11) is 0. The summed E-state index contributed by atoms with van der Waals surface area (Å²) in [5.41, 5.74) is 3.92. The van der Waals surface area contributed by atoms with Gasteiger partial charge in [0.2, 0.25) is 17.7 Å². The second-order valence-electron chi connectivity index (χ2n) is 9.17. The number of benzene rings is 2. The van der Waals surface area contributed by atoms with E-state index in [9.17, 15) is 14.4 Å². The van der Waals surface area contributed by atoms with E-state index < -0.39 is 20.5 Å². The molecule has 2 fully saturated rings. The molecular weight excluding hydrogens is 552 g/mol. The van der Waals surface area contributed by atoms with Gasteiger partial charge in [0, 0.05) is 13.2 Å². The van der Waals surface area contributed by atoms with Crippen molar-refractivity contribution in [3.8, 4) is 0 Å². The van der Waals surface area contributed by atoms with Gasteiger partial charge in [-0.3, -0.25) is 19.3 Å². The monoisotopic (exact) mass is 572 g/mol. The third-order valence-electron chi connectivity index (χ3n) is 7.53. The molecule has 8 heteroatoms. The second-order valence-corrected chi connectivity index (χ2v) is 11.7. The number of alkyl halides is 2. The molecule has 3 amide bonds. The molecule has 6 nitrogen and oxygen atoms in total. The molecule has 0 aromatic heterocycles. The molecule has 0 radical (unpaired) electrons. The van der Waals surface area contributed by atoms with Gasteiger partial charge in [-0.05, 0) is 35.1 Å². The summed E-state index contributed by atoms with van der Waals surface area (Å²) in [4.78, 5) is 41.3. The van der Waals surface area contributed by atoms with Gasteiger partial charge in [-0.2, -0.15) is 0 Å². The Kier molecular flexibility index (Phi) is 4.88. The van der Waals surface area contributed by atoms with E-state index in [4.69, 9.17) is 4.74 Å². The summed E-state index contributed by atoms with van der Waals surface area (Å²) in [6, 6.07) is 15.9. The van der Waals surface area contributed by atoms with E-state index in [0.29, 0.717) is 13.2 Å². The molecule has 2 saturated heterocycles. The van der Waals surface area contributed by atoms with Crippen LogP contribution in [0.1, 0.15) is 35.1 Å². The summed E-state index contributed by atoms with van der Waals surface area (Å²) in [6.45, 7) is 0.814. The zero-order chi connectivity index (χ0) is 23.0. The molecule has 2 aromatic rings. The lowest BCUT2D eigenvalue weighted by Crippen LogP contribution is -2.56. The Morgan fingerprint density at radius 1 is 0.939 bits per heavy atom. The van der Waals surface area contributed by atoms with Crippen LogP contribution in [0.5, 0.6) is 0 Å². The number of hydrogen-bond acceptors (Lipinski definition) is 4. The largest absolute Gasteiger partial charge is 0.376 e. The third-order valence-corrected chi connectivity index (χ3v) is 10.2. The van der Waals surface area contributed by atoms with Crippen LogP contribution in [0, 0.1) is 11.8 Å². The quantitative estimate of drug-likeness (QED) is 0.450. The topological polar surface area (TPSA) is 75.7 Å². The third kappa shape index (κ3) is 2.77. The van der Waals surface area contributed by atoms with Crippen LogP contribution in [0.4, 0.5) is 0 Å². The predicted octanol–water partition coefficient (Wildman–Crippen LogP) is 3.19. The smallest absolute Gasteiger partial charge is 0.240 e. The number of carbonyl (C=O) groups excluding carboxylic acids is 3. The molecule has 2 heterocycles. The molecule has 0 saturated carbocycles. The summed E-state index contributed by atoms with van der Waals surface area (Å²) in [5.74, 6) is -2.29. The molecule has 2 bridgehead atoms. The highest BCUT2D eigenvalue weighted by atomic mass is 79.9. The molecule has 5 aliphatic rings. The first-order valence-corrected chi connectivity index (χ1v) is 12.8. The maximum atomic E-state index is 13.8. The van der Waals surface area contributed by atoms with Gasteiger partial charge in [-0.25, -0.2) is 0 Å². The molecule has 2 aromatic carbocycles. The highest BCUT2D eigenvalue weighted by Gasteiger charge is 2.72. The van der Waals surface area contributed by atoms with Crippen LogP contribution in [0.15, 0.2) is 48.5 Å². The molecule has 0 spiro atoms. The van der Waals surface area contributed by atoms with Crippen molar-refractivity contribution >= 4 is 49.6 Å². The second kappa shape index (κ2) is 7.48. The molecular formula is C25H22Br2N2O4. The van der Waals surface area contributed by atoms with E-state index in [1.54, 1.807) is 0 Å². The molecule has 7 rings (SSSR count). The van der Waals surface area contributed by atoms with E-state index in [1.807, 2.05) is 48.5 Å². The molecule has 0 unspecified atom stereocenters. The number of hydrogen-bond donors (Lipinski definition) is 1. The first kappa shape index (κ1) is 21.5. The number of nitrogens with one attached hydrogen (secondary N) is 1. The lowest BCUT2D eigenvalue weighted by atomic mass is 9.54. The minimum Gasteiger partial charge on any atom is -0.376 e. The van der Waals surface area contributed by atoms with Gasteiger partial charge in [0.1, 0.15) is 6.54 Å². The maximum Gasteiger partial charge on any atom is 0.240 e. The number of rotatable bonds is 4. The normalized spacial score (nSPS) is 33.6. The van der Waals surface area contributed by atoms with Crippen molar-refractivity contribution in [2.24, 2.45) is 11.8 Å². The van der Waals surface area contributed by atoms with Gasteiger partial charge in [0.25, 0.3) is 0 Å². The summed E-state index contributed by atoms with van der Waals surface area (Å²) >= 11 is 7.92. The first-order valence-electron chi connectivity index (χ1n) is 11.2. The maximum absolute atomic E-state index is 13.8. The summed E-state index contributed by atoms with van der Waals surface area (Å²) < 4.78 is 3.88. The van der Waals surface area contributed by atoms with E-state index in [1.165, 1.54) is 0 Å². The number of likely N-dealkylation sites (tertiary alicyclic amines) is 1. The van der Waals surface area contributed by atoms with E-state index in [-0.39, 0.29) is 30.4 Å². The Bertz CT molecular complexity index is 1070. The number of carbonyl (C=O) groups is 3. The van der Waals surface area contributed by atoms with Gasteiger partial charge < -0.3 is 10.1 Å². The highest BCUT2D eigenvalue weighted by Crippen LogP contribution is 2.70. The lowest BCUT2D eigenvalue weighted by Gasteiger charge is -2.55. The number of halogens is 2. The van der Waals surface area contributed by atoms with Gasteiger partial charge in [-0.15, -0.1) is 0 Å². The van der Waals surface area contributed by atoms with Crippen molar-refractivity contribution in [1.29, 1.82) is 0 Å². The van der Waals surface area contributed by atoms with Crippen LogP contribution in [-0.4, -0.2) is 48.4 Å². The Morgan fingerprint density at radius 3 is 1.85 bits per heavy atom. The predicted molar refractivity (Wildman–Crippen MR) is 128 cm³/mol. The van der Waals surface area contributed by atoms with Crippen LogP contribution in [0.3, 0.4) is 0 Å². The van der Waals surface area contributed by atoms with Crippen molar-refractivity contribution in [2.75, 3.05) is 19.7 Å². The fraction of sp³-hybridized carbons (Fsp3) is 0.400. The van der Waals surface area contributed by atoms with Gasteiger partial charge in [0.05, 0.1) is 26.6 Å². The van der Waals surface area contributed by atoms with E-state index in [2.05, 4.69) is 37.2 Å². The van der Waals surface area contributed by atoms with Crippen molar-refractivity contribution < 1.29 is 19.1 Å². The zero-order valence-corrected chi connectivity index (χ0v) is 20.9. The van der Waals surface area contributed by atoms with Crippen LogP contribution >= 0.6 is 31.9 Å². The molecule has 33 heavy (non-hydrogen) atoms. The molecule has 3 aliphatic carbocycles. The number of nitrogens with zero attached hydrogens (tertiary/aromatic N) is 1. The van der Waals surface area contributed by atoms with Crippen molar-refractivity contribution in [1.82, 2.24) is 10.2 Å². The minimum atomic E-state index is -0.837. The van der Waals surface area contributed by atoms with Gasteiger partial charge in [0.15, 0.2) is 0 Å². The van der Waals surface area contributed by atoms with Crippen LogP contribution < -0.4 is 5.32 Å². The summed E-state index contributed by atoms with van der Waals surface area (Å²) in [5, 5.41) is 2.83.